The van der Waals surface area contributed by atoms with E-state index in [4.69, 9.17) is 16.4 Å². The van der Waals surface area contributed by atoms with E-state index in [1.165, 1.54) is 11.3 Å². The number of oxime groups is 1. The number of rotatable bonds is 10. The fraction of sp³-hybridized carbons (Fsp3) is 0.391. The molecule has 11 heteroatoms. The number of hydrogen-bond acceptors (Lipinski definition) is 7. The van der Waals surface area contributed by atoms with E-state index in [0.717, 1.165) is 4.88 Å². The van der Waals surface area contributed by atoms with Crippen molar-refractivity contribution in [2.75, 3.05) is 32.8 Å². The minimum atomic E-state index is -1.04. The molecule has 1 fully saturated rings. The van der Waals surface area contributed by atoms with E-state index in [1.54, 1.807) is 31.2 Å². The molecule has 1 aliphatic rings. The Labute approximate surface area is 207 Å². The first-order chi connectivity index (χ1) is 16.4. The summed E-state index contributed by atoms with van der Waals surface area (Å²) in [5, 5.41) is 18.1. The third-order valence-electron chi connectivity index (χ3n) is 5.35. The second-order valence-electron chi connectivity index (χ2n) is 7.83. The Morgan fingerprint density at radius 1 is 1.12 bits per heavy atom. The number of thiophene rings is 1. The van der Waals surface area contributed by atoms with Crippen molar-refractivity contribution in [2.24, 2.45) is 5.16 Å². The van der Waals surface area contributed by atoms with Crippen molar-refractivity contribution in [3.8, 4) is 0 Å². The first kappa shape index (κ1) is 25.7. The Bertz CT molecular complexity index is 1000. The summed E-state index contributed by atoms with van der Waals surface area (Å²) < 4.78 is 0. The number of carbonyl (C=O) groups excluding carboxylic acids is 3. The van der Waals surface area contributed by atoms with Gasteiger partial charge in [-0.2, -0.15) is 0 Å². The lowest BCUT2D eigenvalue weighted by molar-refractivity contribution is -0.136. The number of piperidine rings is 1. The lowest BCUT2D eigenvalue weighted by Gasteiger charge is -2.36. The standard InChI is InChI=1S/C23H28ClN5O4S/c1-16(19-3-2-14-34-19)29-33-15-20(30)28-23(8-10-25-11-9-23)22(32)27-13-12-26-21(31)17-4-6-18(24)7-5-17/h2-7,14,25H,8-13,15H2,1H3,(H,26,31)(H,27,32)(H,28,30). The van der Waals surface area contributed by atoms with E-state index in [-0.39, 0.29) is 31.5 Å². The predicted molar refractivity (Wildman–Crippen MR) is 132 cm³/mol. The second kappa shape index (κ2) is 12.5. The third kappa shape index (κ3) is 7.28. The zero-order valence-corrected chi connectivity index (χ0v) is 20.4. The minimum absolute atomic E-state index is 0.226. The zero-order valence-electron chi connectivity index (χ0n) is 18.9. The van der Waals surface area contributed by atoms with Crippen LogP contribution in [0.1, 0.15) is 35.0 Å². The molecule has 0 unspecified atom stereocenters. The van der Waals surface area contributed by atoms with Gasteiger partial charge < -0.3 is 26.1 Å². The van der Waals surface area contributed by atoms with Crippen LogP contribution in [0.5, 0.6) is 0 Å². The molecule has 1 aromatic heterocycles. The van der Waals surface area contributed by atoms with Crippen LogP contribution in [0.3, 0.4) is 0 Å². The molecule has 182 valence electrons. The molecule has 9 nitrogen and oxygen atoms in total. The van der Waals surface area contributed by atoms with Gasteiger partial charge in [0.15, 0.2) is 6.61 Å². The summed E-state index contributed by atoms with van der Waals surface area (Å²) in [5.74, 6) is -0.969. The average molecular weight is 506 g/mol. The Kier molecular flexibility index (Phi) is 9.43. The number of nitrogens with zero attached hydrogens (tertiary/aromatic N) is 1. The summed E-state index contributed by atoms with van der Waals surface area (Å²) in [6, 6.07) is 10.4. The molecule has 3 amide bonds. The van der Waals surface area contributed by atoms with Crippen LogP contribution in [0.4, 0.5) is 0 Å². The first-order valence-electron chi connectivity index (χ1n) is 10.9. The highest BCUT2D eigenvalue weighted by Gasteiger charge is 2.40. The van der Waals surface area contributed by atoms with E-state index >= 15 is 0 Å². The molecule has 1 saturated heterocycles. The Morgan fingerprint density at radius 3 is 2.50 bits per heavy atom. The number of carbonyl (C=O) groups is 3. The average Bonchev–Trinajstić information content (AvgIpc) is 3.38. The first-order valence-corrected chi connectivity index (χ1v) is 12.2. The van der Waals surface area contributed by atoms with Gasteiger partial charge in [-0.05, 0) is 68.6 Å². The fourth-order valence-corrected chi connectivity index (χ4v) is 4.30. The maximum atomic E-state index is 13.0. The number of hydrogen-bond donors (Lipinski definition) is 4. The molecule has 2 heterocycles. The Balaban J connectivity index is 1.47. The normalized spacial score (nSPS) is 15.3. The topological polar surface area (TPSA) is 121 Å². The van der Waals surface area contributed by atoms with Crippen molar-refractivity contribution in [3.05, 3.63) is 57.2 Å². The van der Waals surface area contributed by atoms with Crippen LogP contribution in [-0.2, 0) is 14.4 Å². The summed E-state index contributed by atoms with van der Waals surface area (Å²) in [5.41, 5.74) is 0.117. The van der Waals surface area contributed by atoms with Crippen molar-refractivity contribution < 1.29 is 19.2 Å². The van der Waals surface area contributed by atoms with Crippen LogP contribution in [0.2, 0.25) is 5.02 Å². The molecular weight excluding hydrogens is 478 g/mol. The van der Waals surface area contributed by atoms with Gasteiger partial charge in [-0.3, -0.25) is 14.4 Å². The molecule has 34 heavy (non-hydrogen) atoms. The van der Waals surface area contributed by atoms with Crippen molar-refractivity contribution in [1.82, 2.24) is 21.3 Å². The molecule has 1 aliphatic heterocycles. The zero-order chi connectivity index (χ0) is 24.4. The van der Waals surface area contributed by atoms with E-state index in [1.807, 2.05) is 17.5 Å². The molecule has 0 aliphatic carbocycles. The molecule has 4 N–H and O–H groups in total. The van der Waals surface area contributed by atoms with Gasteiger partial charge in [-0.1, -0.05) is 22.8 Å². The van der Waals surface area contributed by atoms with Gasteiger partial charge in [-0.15, -0.1) is 11.3 Å². The number of amides is 3. The summed E-state index contributed by atoms with van der Waals surface area (Å²) in [6.07, 6.45) is 0.887. The van der Waals surface area contributed by atoms with E-state index in [0.29, 0.717) is 42.2 Å². The Hall–Kier alpha value is -2.95. The highest BCUT2D eigenvalue weighted by atomic mass is 35.5. The van der Waals surface area contributed by atoms with Gasteiger partial charge in [-0.25, -0.2) is 0 Å². The predicted octanol–water partition coefficient (Wildman–Crippen LogP) is 1.93. The highest BCUT2D eigenvalue weighted by molar-refractivity contribution is 7.12. The van der Waals surface area contributed by atoms with Crippen LogP contribution in [0, 0.1) is 0 Å². The van der Waals surface area contributed by atoms with Crippen molar-refractivity contribution >= 4 is 46.4 Å². The lowest BCUT2D eigenvalue weighted by Crippen LogP contribution is -2.63. The molecule has 0 bridgehead atoms. The second-order valence-corrected chi connectivity index (χ2v) is 9.21. The summed E-state index contributed by atoms with van der Waals surface area (Å²) >= 11 is 7.37. The van der Waals surface area contributed by atoms with Crippen LogP contribution in [-0.4, -0.2) is 61.8 Å². The smallest absolute Gasteiger partial charge is 0.261 e. The lowest BCUT2D eigenvalue weighted by atomic mass is 9.87. The number of benzene rings is 1. The quantitative estimate of drug-likeness (QED) is 0.223. The van der Waals surface area contributed by atoms with Gasteiger partial charge in [0.25, 0.3) is 11.8 Å². The van der Waals surface area contributed by atoms with Gasteiger partial charge in [0.05, 0.1) is 10.6 Å². The van der Waals surface area contributed by atoms with Gasteiger partial charge in [0.1, 0.15) is 5.54 Å². The van der Waals surface area contributed by atoms with Crippen molar-refractivity contribution in [2.45, 2.75) is 25.3 Å². The molecule has 0 spiro atoms. The van der Waals surface area contributed by atoms with Gasteiger partial charge in [0, 0.05) is 23.7 Å². The van der Waals surface area contributed by atoms with E-state index in [2.05, 4.69) is 26.4 Å². The van der Waals surface area contributed by atoms with Gasteiger partial charge >= 0.3 is 0 Å². The van der Waals surface area contributed by atoms with Crippen LogP contribution in [0.25, 0.3) is 0 Å². The highest BCUT2D eigenvalue weighted by Crippen LogP contribution is 2.19. The Morgan fingerprint density at radius 2 is 1.82 bits per heavy atom. The fourth-order valence-electron chi connectivity index (χ4n) is 3.51. The van der Waals surface area contributed by atoms with Crippen LogP contribution >= 0.6 is 22.9 Å². The summed E-state index contributed by atoms with van der Waals surface area (Å²) in [7, 11) is 0. The number of halogens is 1. The third-order valence-corrected chi connectivity index (χ3v) is 6.58. The minimum Gasteiger partial charge on any atom is -0.385 e. The van der Waals surface area contributed by atoms with E-state index in [9.17, 15) is 14.4 Å². The molecule has 0 saturated carbocycles. The van der Waals surface area contributed by atoms with Crippen LogP contribution < -0.4 is 21.3 Å². The maximum Gasteiger partial charge on any atom is 0.261 e. The number of nitrogens with one attached hydrogen (secondary N) is 4. The molecule has 0 atom stereocenters. The molecular formula is C23H28ClN5O4S. The molecule has 0 radical (unpaired) electrons. The van der Waals surface area contributed by atoms with Crippen LogP contribution in [0.15, 0.2) is 46.9 Å². The molecule has 2 aromatic rings. The van der Waals surface area contributed by atoms with Crippen molar-refractivity contribution in [3.63, 3.8) is 0 Å². The van der Waals surface area contributed by atoms with Crippen molar-refractivity contribution in [1.29, 1.82) is 0 Å². The monoisotopic (exact) mass is 505 g/mol. The SMILES string of the molecule is CC(=NOCC(=O)NC1(C(=O)NCCNC(=O)c2ccc(Cl)cc2)CCNCC1)c1cccs1. The van der Waals surface area contributed by atoms with E-state index < -0.39 is 11.4 Å². The molecule has 3 rings (SSSR count). The summed E-state index contributed by atoms with van der Waals surface area (Å²) in [4.78, 5) is 43.9. The largest absolute Gasteiger partial charge is 0.385 e. The van der Waals surface area contributed by atoms with Gasteiger partial charge in [0.2, 0.25) is 5.91 Å². The maximum absolute atomic E-state index is 13.0. The summed E-state index contributed by atoms with van der Waals surface area (Å²) in [6.45, 7) is 3.17. The molecule has 1 aromatic carbocycles.